The van der Waals surface area contributed by atoms with Gasteiger partial charge in [0.25, 0.3) is 5.91 Å². The first kappa shape index (κ1) is 17.2. The molecule has 2 rings (SSSR count). The van der Waals surface area contributed by atoms with E-state index < -0.39 is 5.91 Å². The van der Waals surface area contributed by atoms with Crippen LogP contribution < -0.4 is 11.1 Å². The zero-order chi connectivity index (χ0) is 17.0. The third kappa shape index (κ3) is 4.21. The highest BCUT2D eigenvalue weighted by Crippen LogP contribution is 2.27. The Morgan fingerprint density at radius 3 is 2.48 bits per heavy atom. The number of carbonyl (C=O) groups excluding carboxylic acids is 2. The number of primary amides is 1. The van der Waals surface area contributed by atoms with Crippen LogP contribution in [-0.4, -0.2) is 22.7 Å². The molecule has 2 amide bonds. The SMILES string of the molecule is Cc1nc(CNC(=O)CCl)cc(-c2ccc(Cl)cc2)c1C(N)=O. The summed E-state index contributed by atoms with van der Waals surface area (Å²) in [6.45, 7) is 1.92. The van der Waals surface area contributed by atoms with Gasteiger partial charge in [0.2, 0.25) is 5.91 Å². The number of hydrogen-bond acceptors (Lipinski definition) is 3. The highest BCUT2D eigenvalue weighted by Gasteiger charge is 2.16. The lowest BCUT2D eigenvalue weighted by molar-refractivity contribution is -0.118. The Balaban J connectivity index is 2.48. The lowest BCUT2D eigenvalue weighted by Gasteiger charge is -2.13. The molecule has 23 heavy (non-hydrogen) atoms. The average molecular weight is 352 g/mol. The van der Waals surface area contributed by atoms with Crippen molar-refractivity contribution >= 4 is 35.0 Å². The molecule has 0 bridgehead atoms. The zero-order valence-corrected chi connectivity index (χ0v) is 13.9. The van der Waals surface area contributed by atoms with Crippen LogP contribution in [0.4, 0.5) is 0 Å². The van der Waals surface area contributed by atoms with Gasteiger partial charge in [0.15, 0.2) is 0 Å². The molecule has 0 aliphatic carbocycles. The van der Waals surface area contributed by atoms with Gasteiger partial charge in [0.1, 0.15) is 5.88 Å². The summed E-state index contributed by atoms with van der Waals surface area (Å²) < 4.78 is 0. The summed E-state index contributed by atoms with van der Waals surface area (Å²) in [5, 5.41) is 3.23. The van der Waals surface area contributed by atoms with Gasteiger partial charge in [-0.05, 0) is 36.2 Å². The minimum absolute atomic E-state index is 0.123. The second kappa shape index (κ2) is 7.44. The summed E-state index contributed by atoms with van der Waals surface area (Å²) in [5.41, 5.74) is 8.38. The number of nitrogens with one attached hydrogen (secondary N) is 1. The fraction of sp³-hybridized carbons (Fsp3) is 0.188. The zero-order valence-electron chi connectivity index (χ0n) is 12.4. The van der Waals surface area contributed by atoms with Gasteiger partial charge in [0, 0.05) is 5.02 Å². The highest BCUT2D eigenvalue weighted by molar-refractivity contribution is 6.30. The van der Waals surface area contributed by atoms with E-state index in [0.29, 0.717) is 27.5 Å². The van der Waals surface area contributed by atoms with Crippen molar-refractivity contribution in [3.63, 3.8) is 0 Å². The summed E-state index contributed by atoms with van der Waals surface area (Å²) >= 11 is 11.4. The molecule has 5 nitrogen and oxygen atoms in total. The Morgan fingerprint density at radius 1 is 1.26 bits per heavy atom. The van der Waals surface area contributed by atoms with Crippen molar-refractivity contribution in [2.24, 2.45) is 5.73 Å². The van der Waals surface area contributed by atoms with Crippen LogP contribution in [0.3, 0.4) is 0 Å². The van der Waals surface area contributed by atoms with E-state index in [-0.39, 0.29) is 18.3 Å². The third-order valence-electron chi connectivity index (χ3n) is 3.24. The van der Waals surface area contributed by atoms with E-state index in [1.54, 1.807) is 37.3 Å². The van der Waals surface area contributed by atoms with E-state index >= 15 is 0 Å². The first-order chi connectivity index (χ1) is 10.9. The van der Waals surface area contributed by atoms with Gasteiger partial charge in [0.05, 0.1) is 23.5 Å². The van der Waals surface area contributed by atoms with Crippen LogP contribution in [0, 0.1) is 6.92 Å². The molecule has 0 atom stereocenters. The molecule has 0 saturated heterocycles. The van der Waals surface area contributed by atoms with Crippen LogP contribution in [0.1, 0.15) is 21.7 Å². The molecule has 0 radical (unpaired) electrons. The normalized spacial score (nSPS) is 10.4. The van der Waals surface area contributed by atoms with E-state index in [1.807, 2.05) is 0 Å². The minimum Gasteiger partial charge on any atom is -0.366 e. The predicted molar refractivity (Wildman–Crippen MR) is 90.5 cm³/mol. The predicted octanol–water partition coefficient (Wildman–Crippen LogP) is 2.66. The topological polar surface area (TPSA) is 85.1 Å². The number of rotatable bonds is 5. The van der Waals surface area contributed by atoms with Crippen LogP contribution in [0.15, 0.2) is 30.3 Å². The molecular formula is C16H15Cl2N3O2. The molecular weight excluding hydrogens is 337 g/mol. The number of aryl methyl sites for hydroxylation is 1. The van der Waals surface area contributed by atoms with Gasteiger partial charge >= 0.3 is 0 Å². The molecule has 1 aromatic heterocycles. The number of carbonyl (C=O) groups is 2. The molecule has 0 unspecified atom stereocenters. The molecule has 0 aliphatic rings. The highest BCUT2D eigenvalue weighted by atomic mass is 35.5. The number of halogens is 2. The number of benzene rings is 1. The number of pyridine rings is 1. The lowest BCUT2D eigenvalue weighted by Crippen LogP contribution is -2.25. The van der Waals surface area contributed by atoms with Crippen LogP contribution in [-0.2, 0) is 11.3 Å². The Bertz CT molecular complexity index is 746. The third-order valence-corrected chi connectivity index (χ3v) is 3.74. The van der Waals surface area contributed by atoms with E-state index in [1.165, 1.54) is 0 Å². The van der Waals surface area contributed by atoms with Crippen molar-refractivity contribution in [1.29, 1.82) is 0 Å². The summed E-state index contributed by atoms with van der Waals surface area (Å²) in [5.74, 6) is -0.975. The molecule has 2 aromatic rings. The van der Waals surface area contributed by atoms with E-state index in [4.69, 9.17) is 28.9 Å². The van der Waals surface area contributed by atoms with E-state index in [0.717, 1.165) is 5.56 Å². The fourth-order valence-electron chi connectivity index (χ4n) is 2.23. The first-order valence-electron chi connectivity index (χ1n) is 6.81. The molecule has 0 spiro atoms. The Morgan fingerprint density at radius 2 is 1.91 bits per heavy atom. The number of nitrogens with zero attached hydrogens (tertiary/aromatic N) is 1. The Hall–Kier alpha value is -2.11. The maximum Gasteiger partial charge on any atom is 0.251 e. The number of hydrogen-bond donors (Lipinski definition) is 2. The molecule has 7 heteroatoms. The van der Waals surface area contributed by atoms with Crippen LogP contribution >= 0.6 is 23.2 Å². The van der Waals surface area contributed by atoms with Gasteiger partial charge in [-0.3, -0.25) is 14.6 Å². The van der Waals surface area contributed by atoms with Crippen molar-refractivity contribution in [1.82, 2.24) is 10.3 Å². The molecule has 1 heterocycles. The standard InChI is InChI=1S/C16H15Cl2N3O2/c1-9-15(16(19)23)13(10-2-4-11(18)5-3-10)6-12(21-9)8-20-14(22)7-17/h2-6H,7-8H2,1H3,(H2,19,23)(H,20,22). The summed E-state index contributed by atoms with van der Waals surface area (Å²) in [6, 6.07) is 8.78. The molecule has 120 valence electrons. The molecule has 0 aliphatic heterocycles. The second-order valence-electron chi connectivity index (χ2n) is 4.90. The minimum atomic E-state index is -0.559. The van der Waals surface area contributed by atoms with Gasteiger partial charge in [-0.15, -0.1) is 11.6 Å². The van der Waals surface area contributed by atoms with Crippen molar-refractivity contribution in [3.05, 3.63) is 52.3 Å². The summed E-state index contributed by atoms with van der Waals surface area (Å²) in [6.07, 6.45) is 0. The Kier molecular flexibility index (Phi) is 5.58. The van der Waals surface area contributed by atoms with Gasteiger partial charge in [-0.1, -0.05) is 23.7 Å². The largest absolute Gasteiger partial charge is 0.366 e. The van der Waals surface area contributed by atoms with Gasteiger partial charge in [-0.25, -0.2) is 0 Å². The van der Waals surface area contributed by atoms with Crippen molar-refractivity contribution < 1.29 is 9.59 Å². The van der Waals surface area contributed by atoms with Crippen LogP contribution in [0.25, 0.3) is 11.1 Å². The first-order valence-corrected chi connectivity index (χ1v) is 7.72. The lowest BCUT2D eigenvalue weighted by atomic mass is 9.97. The van der Waals surface area contributed by atoms with E-state index in [2.05, 4.69) is 10.3 Å². The number of aromatic nitrogens is 1. The van der Waals surface area contributed by atoms with Crippen molar-refractivity contribution in [2.75, 3.05) is 5.88 Å². The molecule has 0 saturated carbocycles. The molecule has 3 N–H and O–H groups in total. The number of amides is 2. The van der Waals surface area contributed by atoms with Crippen molar-refractivity contribution in [3.8, 4) is 11.1 Å². The van der Waals surface area contributed by atoms with Gasteiger partial charge < -0.3 is 11.1 Å². The second-order valence-corrected chi connectivity index (χ2v) is 5.61. The smallest absolute Gasteiger partial charge is 0.251 e. The van der Waals surface area contributed by atoms with Crippen LogP contribution in [0.5, 0.6) is 0 Å². The maximum atomic E-state index is 11.8. The summed E-state index contributed by atoms with van der Waals surface area (Å²) in [7, 11) is 0. The average Bonchev–Trinajstić information content (AvgIpc) is 2.52. The fourth-order valence-corrected chi connectivity index (χ4v) is 2.45. The molecule has 0 fully saturated rings. The van der Waals surface area contributed by atoms with Crippen molar-refractivity contribution in [2.45, 2.75) is 13.5 Å². The number of nitrogens with two attached hydrogens (primary N) is 1. The Labute approximate surface area is 143 Å². The van der Waals surface area contributed by atoms with E-state index in [9.17, 15) is 9.59 Å². The van der Waals surface area contributed by atoms with Crippen LogP contribution in [0.2, 0.25) is 5.02 Å². The monoisotopic (exact) mass is 351 g/mol. The quantitative estimate of drug-likeness (QED) is 0.812. The molecule has 1 aromatic carbocycles. The summed E-state index contributed by atoms with van der Waals surface area (Å²) in [4.78, 5) is 27.4. The van der Waals surface area contributed by atoms with Gasteiger partial charge in [-0.2, -0.15) is 0 Å². The number of alkyl halides is 1. The maximum absolute atomic E-state index is 11.8.